The number of fused-ring (bicyclic) bond motifs is 6. The van der Waals surface area contributed by atoms with Crippen LogP contribution >= 0.6 is 0 Å². The summed E-state index contributed by atoms with van der Waals surface area (Å²) in [7, 11) is 0. The SMILES string of the molecule is CC(C)Cc1ccc2c(n1)-c1oc3ccnc(-c4[c-]c5ccccc5c(-c5ccccc5)c4)c3c1CC2.CCC(C)(CC)C(=O)/C=C(\O)C(C)(CC)CC.[Ir]. The minimum absolute atomic E-state index is 0. The van der Waals surface area contributed by atoms with Gasteiger partial charge >= 0.3 is 0 Å². The van der Waals surface area contributed by atoms with Gasteiger partial charge in [-0.3, -0.25) is 9.78 Å². The van der Waals surface area contributed by atoms with Crippen molar-refractivity contribution in [2.45, 2.75) is 100 Å². The van der Waals surface area contributed by atoms with Crippen molar-refractivity contribution < 1.29 is 34.4 Å². The molecule has 3 heterocycles. The number of hydrogen-bond donors (Lipinski definition) is 1. The summed E-state index contributed by atoms with van der Waals surface area (Å²) < 4.78 is 6.53. The van der Waals surface area contributed by atoms with Crippen LogP contribution in [-0.2, 0) is 44.2 Å². The molecule has 0 fully saturated rings. The van der Waals surface area contributed by atoms with Gasteiger partial charge in [-0.15, -0.1) is 23.6 Å². The number of furan rings is 1. The quantitative estimate of drug-likeness (QED) is 0.0796. The summed E-state index contributed by atoms with van der Waals surface area (Å²) in [5.41, 5.74) is 9.13. The largest absolute Gasteiger partial charge is 0.512 e. The predicted molar refractivity (Wildman–Crippen MR) is 224 cm³/mol. The van der Waals surface area contributed by atoms with Crippen LogP contribution in [0.1, 0.15) is 97.9 Å². The Bertz CT molecular complexity index is 2290. The third-order valence-corrected chi connectivity index (χ3v) is 11.9. The summed E-state index contributed by atoms with van der Waals surface area (Å²) in [5, 5.41) is 13.5. The molecule has 0 bridgehead atoms. The molecule has 1 aliphatic carbocycles. The molecule has 5 nitrogen and oxygen atoms in total. The van der Waals surface area contributed by atoms with E-state index in [0.717, 1.165) is 89.7 Å². The minimum Gasteiger partial charge on any atom is -0.512 e. The average molecular weight is 912 g/mol. The number of benzene rings is 3. The molecular weight excluding hydrogens is 857 g/mol. The molecule has 3 aromatic carbocycles. The average Bonchev–Trinajstić information content (AvgIpc) is 3.59. The van der Waals surface area contributed by atoms with Crippen molar-refractivity contribution >= 4 is 27.5 Å². The van der Waals surface area contributed by atoms with E-state index in [9.17, 15) is 9.90 Å². The monoisotopic (exact) mass is 912 g/mol. The van der Waals surface area contributed by atoms with Crippen LogP contribution in [-0.4, -0.2) is 20.9 Å². The standard InChI is InChI=1S/C34H27N2O.C15H28O2.Ir/c1-21(2)18-26-14-12-23-13-15-28-31-30(37-34(28)33(23)36-26)16-17-35-32(31)25-19-24-10-6-7-11-27(24)29(20-25)22-8-4-3-5-9-22;1-7-14(5,8-2)12(16)11-13(17)15(6,9-3)10-4;/h3-12,14,16-17,20-21H,13,15,18H2,1-2H3;11,16H,7-10H2,1-6H3;/q-1;;/b;12-11-;. The van der Waals surface area contributed by atoms with E-state index in [2.05, 4.69) is 92.7 Å². The molecule has 0 saturated heterocycles. The Balaban J connectivity index is 0.000000276. The molecule has 0 saturated carbocycles. The van der Waals surface area contributed by atoms with Gasteiger partial charge in [0.2, 0.25) is 0 Å². The first-order valence-corrected chi connectivity index (χ1v) is 19.8. The molecule has 1 radical (unpaired) electrons. The Morgan fingerprint density at radius 3 is 2.22 bits per heavy atom. The van der Waals surface area contributed by atoms with Crippen molar-refractivity contribution in [1.29, 1.82) is 0 Å². The molecule has 3 aromatic heterocycles. The van der Waals surface area contributed by atoms with Crippen LogP contribution in [0.2, 0.25) is 0 Å². The Morgan fingerprint density at radius 1 is 0.873 bits per heavy atom. The smallest absolute Gasteiger partial charge is 0.164 e. The van der Waals surface area contributed by atoms with E-state index in [4.69, 9.17) is 14.4 Å². The van der Waals surface area contributed by atoms with Crippen molar-refractivity contribution in [2.75, 3.05) is 0 Å². The van der Waals surface area contributed by atoms with Gasteiger partial charge in [0.15, 0.2) is 11.5 Å². The predicted octanol–water partition coefficient (Wildman–Crippen LogP) is 13.1. The van der Waals surface area contributed by atoms with E-state index in [1.807, 2.05) is 53.8 Å². The second-order valence-corrected chi connectivity index (χ2v) is 15.8. The summed E-state index contributed by atoms with van der Waals surface area (Å²) in [5.74, 6) is 1.75. The first kappa shape index (κ1) is 41.8. The van der Waals surface area contributed by atoms with Gasteiger partial charge in [-0.25, -0.2) is 4.98 Å². The first-order chi connectivity index (χ1) is 25.9. The molecule has 1 aliphatic rings. The third-order valence-electron chi connectivity index (χ3n) is 11.9. The number of ketones is 1. The number of allylic oxidation sites excluding steroid dienone is 2. The van der Waals surface area contributed by atoms with Crippen molar-refractivity contribution in [1.82, 2.24) is 9.97 Å². The Morgan fingerprint density at radius 2 is 1.55 bits per heavy atom. The zero-order chi connectivity index (χ0) is 38.6. The maximum atomic E-state index is 12.2. The van der Waals surface area contributed by atoms with Gasteiger partial charge in [0.05, 0.1) is 0 Å². The van der Waals surface area contributed by atoms with Gasteiger partial charge in [-0.1, -0.05) is 127 Å². The molecule has 0 amide bonds. The third kappa shape index (κ3) is 8.56. The zero-order valence-electron chi connectivity index (χ0n) is 33.7. The van der Waals surface area contributed by atoms with Crippen molar-refractivity contribution in [2.24, 2.45) is 16.7 Å². The fraction of sp³-hybridized carbons (Fsp3) is 0.367. The molecule has 289 valence electrons. The summed E-state index contributed by atoms with van der Waals surface area (Å²) in [6, 6.07) is 31.3. The van der Waals surface area contributed by atoms with E-state index < -0.39 is 0 Å². The number of pyridine rings is 2. The van der Waals surface area contributed by atoms with Gasteiger partial charge < -0.3 is 9.52 Å². The van der Waals surface area contributed by atoms with Crippen molar-refractivity contribution in [3.05, 3.63) is 120 Å². The van der Waals surface area contributed by atoms with E-state index >= 15 is 0 Å². The van der Waals surface area contributed by atoms with Gasteiger partial charge in [0.25, 0.3) is 0 Å². The van der Waals surface area contributed by atoms with E-state index in [0.29, 0.717) is 5.92 Å². The normalized spacial score (nSPS) is 12.9. The molecule has 55 heavy (non-hydrogen) atoms. The van der Waals surface area contributed by atoms with Crippen LogP contribution in [0.4, 0.5) is 0 Å². The molecule has 0 atom stereocenters. The van der Waals surface area contributed by atoms with Gasteiger partial charge in [0, 0.05) is 65.5 Å². The van der Waals surface area contributed by atoms with E-state index in [1.54, 1.807) is 0 Å². The van der Waals surface area contributed by atoms with Crippen LogP contribution in [0, 0.1) is 22.8 Å². The number of aryl methyl sites for hydroxylation is 2. The van der Waals surface area contributed by atoms with Crippen LogP contribution in [0.3, 0.4) is 0 Å². The van der Waals surface area contributed by atoms with Crippen LogP contribution in [0.15, 0.2) is 101 Å². The first-order valence-electron chi connectivity index (χ1n) is 19.8. The molecule has 6 heteroatoms. The Labute approximate surface area is 341 Å². The molecule has 6 aromatic rings. The number of aromatic nitrogens is 2. The fourth-order valence-electron chi connectivity index (χ4n) is 7.36. The molecule has 1 N–H and O–H groups in total. The Hall–Kier alpha value is -4.38. The summed E-state index contributed by atoms with van der Waals surface area (Å²) in [6.45, 7) is 16.5. The number of carbonyl (C=O) groups is 1. The molecule has 7 rings (SSSR count). The minimum atomic E-state index is -0.337. The Kier molecular flexibility index (Phi) is 13.4. The van der Waals surface area contributed by atoms with E-state index in [-0.39, 0.29) is 42.5 Å². The molecular formula is C49H55IrN2O3-. The number of aliphatic hydroxyl groups is 1. The molecule has 0 spiro atoms. The second-order valence-electron chi connectivity index (χ2n) is 15.8. The van der Waals surface area contributed by atoms with Crippen LogP contribution in [0.25, 0.3) is 55.6 Å². The summed E-state index contributed by atoms with van der Waals surface area (Å²) in [4.78, 5) is 22.1. The fourth-order valence-corrected chi connectivity index (χ4v) is 7.36. The van der Waals surface area contributed by atoms with Gasteiger partial charge in [-0.2, -0.15) is 0 Å². The number of nitrogens with zero attached hydrogens (tertiary/aromatic N) is 2. The van der Waals surface area contributed by atoms with Crippen LogP contribution < -0.4 is 0 Å². The maximum absolute atomic E-state index is 12.2. The second kappa shape index (κ2) is 17.6. The zero-order valence-corrected chi connectivity index (χ0v) is 36.1. The van der Waals surface area contributed by atoms with Crippen molar-refractivity contribution in [3.63, 3.8) is 0 Å². The van der Waals surface area contributed by atoms with Gasteiger partial charge in [-0.05, 0) is 74.1 Å². The summed E-state index contributed by atoms with van der Waals surface area (Å²) in [6.07, 6.45) is 9.44. The number of carbonyl (C=O) groups excluding carboxylic acids is 1. The molecule has 0 aliphatic heterocycles. The maximum Gasteiger partial charge on any atom is 0.164 e. The van der Waals surface area contributed by atoms with Crippen molar-refractivity contribution in [3.8, 4) is 33.8 Å². The van der Waals surface area contributed by atoms with E-state index in [1.165, 1.54) is 33.7 Å². The molecule has 0 unspecified atom stereocenters. The van der Waals surface area contributed by atoms with Gasteiger partial charge in [0.1, 0.15) is 17.0 Å². The number of hydrogen-bond acceptors (Lipinski definition) is 5. The number of rotatable bonds is 11. The summed E-state index contributed by atoms with van der Waals surface area (Å²) >= 11 is 0. The number of aliphatic hydroxyl groups excluding tert-OH is 1. The topological polar surface area (TPSA) is 76.2 Å². The van der Waals surface area contributed by atoms with Crippen LogP contribution in [0.5, 0.6) is 0 Å².